The van der Waals surface area contributed by atoms with E-state index in [1.165, 1.54) is 12.1 Å². The van der Waals surface area contributed by atoms with Crippen LogP contribution in [-0.2, 0) is 0 Å². The zero-order valence-corrected chi connectivity index (χ0v) is 19.8. The Morgan fingerprint density at radius 1 is 0.971 bits per heavy atom. The van der Waals surface area contributed by atoms with Crippen molar-refractivity contribution < 1.29 is 18.7 Å². The van der Waals surface area contributed by atoms with Crippen LogP contribution < -0.4 is 10.6 Å². The fourth-order valence-corrected chi connectivity index (χ4v) is 5.52. The number of piperidine rings is 1. The molecule has 6 heteroatoms. The van der Waals surface area contributed by atoms with Gasteiger partial charge in [-0.3, -0.25) is 4.79 Å². The van der Waals surface area contributed by atoms with E-state index in [4.69, 9.17) is 0 Å². The average molecular weight is 477 g/mol. The topological polar surface area (TPSA) is 61.4 Å². The number of carbonyl (C=O) groups is 1. The Morgan fingerprint density at radius 3 is 2.40 bits per heavy atom. The summed E-state index contributed by atoms with van der Waals surface area (Å²) in [6.07, 6.45) is 2.13. The van der Waals surface area contributed by atoms with E-state index in [1.54, 1.807) is 0 Å². The molecule has 2 atom stereocenters. The molecule has 1 saturated heterocycles. The summed E-state index contributed by atoms with van der Waals surface area (Å²) in [4.78, 5) is 12.9. The summed E-state index contributed by atoms with van der Waals surface area (Å²) in [6.45, 7) is 4.64. The average Bonchev–Trinajstić information content (AvgIpc) is 2.88. The van der Waals surface area contributed by atoms with Crippen LogP contribution in [0, 0.1) is 17.6 Å². The number of benzene rings is 3. The molecule has 3 N–H and O–H groups in total. The molecule has 3 aromatic carbocycles. The van der Waals surface area contributed by atoms with Gasteiger partial charge in [0.15, 0.2) is 0 Å². The Bertz CT molecular complexity index is 1250. The molecule has 0 unspecified atom stereocenters. The lowest BCUT2D eigenvalue weighted by Gasteiger charge is -2.32. The third-order valence-electron chi connectivity index (χ3n) is 7.55. The molecular formula is C29H30F2N2O2. The number of aliphatic hydroxyl groups excluding tert-OH is 1. The second kappa shape index (κ2) is 9.88. The number of halogens is 2. The van der Waals surface area contributed by atoms with E-state index in [1.807, 2.05) is 36.4 Å². The lowest BCUT2D eigenvalue weighted by atomic mass is 9.72. The van der Waals surface area contributed by atoms with Crippen molar-refractivity contribution in [1.29, 1.82) is 0 Å². The van der Waals surface area contributed by atoms with Crippen molar-refractivity contribution in [3.05, 3.63) is 94.0 Å². The first kappa shape index (κ1) is 23.6. The van der Waals surface area contributed by atoms with E-state index in [2.05, 4.69) is 17.6 Å². The summed E-state index contributed by atoms with van der Waals surface area (Å²) in [7, 11) is 0. The zero-order valence-electron chi connectivity index (χ0n) is 19.8. The largest absolute Gasteiger partial charge is 0.395 e. The highest BCUT2D eigenvalue weighted by atomic mass is 19.1. The highest BCUT2D eigenvalue weighted by Crippen LogP contribution is 2.44. The Hall–Kier alpha value is -3.09. The van der Waals surface area contributed by atoms with Crippen LogP contribution in [0.3, 0.4) is 0 Å². The molecule has 2 aliphatic rings. The van der Waals surface area contributed by atoms with Gasteiger partial charge in [0.05, 0.1) is 6.61 Å². The van der Waals surface area contributed by atoms with E-state index >= 15 is 0 Å². The first-order valence-corrected chi connectivity index (χ1v) is 12.3. The molecule has 3 aromatic rings. The van der Waals surface area contributed by atoms with Crippen LogP contribution in [0.4, 0.5) is 8.78 Å². The molecule has 4 nitrogen and oxygen atoms in total. The minimum Gasteiger partial charge on any atom is -0.395 e. The number of nitrogens with one attached hydrogen (secondary N) is 2. The second-order valence-corrected chi connectivity index (χ2v) is 9.67. The summed E-state index contributed by atoms with van der Waals surface area (Å²) in [6, 6.07) is 15.0. The van der Waals surface area contributed by atoms with Crippen molar-refractivity contribution >= 4 is 5.91 Å². The number of aliphatic hydroxyl groups is 1. The summed E-state index contributed by atoms with van der Waals surface area (Å²) < 4.78 is 27.9. The molecule has 1 amide bonds. The first-order chi connectivity index (χ1) is 17.0. The molecule has 1 aliphatic heterocycles. The summed E-state index contributed by atoms with van der Waals surface area (Å²) >= 11 is 0. The summed E-state index contributed by atoms with van der Waals surface area (Å²) in [5.74, 6) is -1.10. The number of fused-ring (bicyclic) bond motifs is 2. The molecule has 1 heterocycles. The Balaban J connectivity index is 1.45. The lowest BCUT2D eigenvalue weighted by molar-refractivity contribution is 0.0944. The van der Waals surface area contributed by atoms with Gasteiger partial charge in [-0.2, -0.15) is 0 Å². The first-order valence-electron chi connectivity index (χ1n) is 12.3. The Morgan fingerprint density at radius 2 is 1.69 bits per heavy atom. The SMILES string of the molecule is C[C@H]1c2cc(C(=O)NCC3CCNCC3)ccc2[C@@H](CO)c2ccc(-c3ccc(F)cc3F)cc21. The summed E-state index contributed by atoms with van der Waals surface area (Å²) in [5, 5.41) is 16.7. The highest BCUT2D eigenvalue weighted by Gasteiger charge is 2.31. The van der Waals surface area contributed by atoms with E-state index < -0.39 is 11.6 Å². The van der Waals surface area contributed by atoms with Gasteiger partial charge in [-0.05, 0) is 83.9 Å². The van der Waals surface area contributed by atoms with E-state index in [9.17, 15) is 18.7 Å². The molecule has 0 aromatic heterocycles. The Labute approximate surface area is 204 Å². The van der Waals surface area contributed by atoms with Gasteiger partial charge in [-0.25, -0.2) is 8.78 Å². The molecule has 1 aliphatic carbocycles. The van der Waals surface area contributed by atoms with Crippen LogP contribution in [-0.4, -0.2) is 37.3 Å². The summed E-state index contributed by atoms with van der Waals surface area (Å²) in [5.41, 5.74) is 5.55. The maximum absolute atomic E-state index is 14.5. The van der Waals surface area contributed by atoms with E-state index in [-0.39, 0.29) is 24.3 Å². The molecule has 35 heavy (non-hydrogen) atoms. The van der Waals surface area contributed by atoms with Crippen molar-refractivity contribution in [3.63, 3.8) is 0 Å². The number of amides is 1. The van der Waals surface area contributed by atoms with Crippen LogP contribution >= 0.6 is 0 Å². The van der Waals surface area contributed by atoms with Crippen molar-refractivity contribution in [2.45, 2.75) is 31.6 Å². The van der Waals surface area contributed by atoms with Gasteiger partial charge in [0.25, 0.3) is 5.91 Å². The van der Waals surface area contributed by atoms with Crippen molar-refractivity contribution in [2.24, 2.45) is 5.92 Å². The molecule has 182 valence electrons. The molecule has 1 fully saturated rings. The van der Waals surface area contributed by atoms with Gasteiger partial charge in [0.2, 0.25) is 0 Å². The molecule has 0 spiro atoms. The maximum atomic E-state index is 14.5. The number of hydrogen-bond donors (Lipinski definition) is 3. The van der Waals surface area contributed by atoms with Crippen LogP contribution in [0.5, 0.6) is 0 Å². The van der Waals surface area contributed by atoms with Crippen molar-refractivity contribution in [1.82, 2.24) is 10.6 Å². The quantitative estimate of drug-likeness (QED) is 0.488. The normalized spacial score (nSPS) is 19.7. The predicted octanol–water partition coefficient (Wildman–Crippen LogP) is 4.95. The highest BCUT2D eigenvalue weighted by molar-refractivity contribution is 5.94. The third-order valence-corrected chi connectivity index (χ3v) is 7.55. The van der Waals surface area contributed by atoms with Gasteiger partial charge < -0.3 is 15.7 Å². The molecule has 0 radical (unpaired) electrons. The van der Waals surface area contributed by atoms with Crippen molar-refractivity contribution in [3.8, 4) is 11.1 Å². The van der Waals surface area contributed by atoms with Crippen LogP contribution in [0.25, 0.3) is 11.1 Å². The van der Waals surface area contributed by atoms with Gasteiger partial charge >= 0.3 is 0 Å². The monoisotopic (exact) mass is 476 g/mol. The standard InChI is InChI=1S/C29H30F2N2O2/c1-17-25-12-19(22-7-4-21(30)14-28(22)31)2-5-23(25)27(16-34)24-6-3-20(13-26(17)24)29(35)33-15-18-8-10-32-11-9-18/h2-7,12-14,17-18,27,32,34H,8-11,15-16H2,1H3,(H,33,35)/t17-,27+/m1/s1. The minimum atomic E-state index is -0.613. The lowest BCUT2D eigenvalue weighted by Crippen LogP contribution is -2.36. The van der Waals surface area contributed by atoms with Crippen LogP contribution in [0.2, 0.25) is 0 Å². The van der Waals surface area contributed by atoms with E-state index in [0.29, 0.717) is 29.2 Å². The van der Waals surface area contributed by atoms with Crippen molar-refractivity contribution in [2.75, 3.05) is 26.2 Å². The molecule has 0 saturated carbocycles. The Kier molecular flexibility index (Phi) is 6.67. The number of rotatable bonds is 5. The predicted molar refractivity (Wildman–Crippen MR) is 133 cm³/mol. The van der Waals surface area contributed by atoms with Crippen LogP contribution in [0.15, 0.2) is 54.6 Å². The van der Waals surface area contributed by atoms with Gasteiger partial charge in [0.1, 0.15) is 11.6 Å². The third kappa shape index (κ3) is 4.60. The minimum absolute atomic E-state index is 0.0524. The number of hydrogen-bond acceptors (Lipinski definition) is 3. The fraction of sp³-hybridized carbons (Fsp3) is 0.345. The van der Waals surface area contributed by atoms with Gasteiger partial charge in [0, 0.05) is 35.6 Å². The van der Waals surface area contributed by atoms with Gasteiger partial charge in [-0.15, -0.1) is 0 Å². The zero-order chi connectivity index (χ0) is 24.5. The van der Waals surface area contributed by atoms with E-state index in [0.717, 1.165) is 54.3 Å². The second-order valence-electron chi connectivity index (χ2n) is 9.67. The maximum Gasteiger partial charge on any atom is 0.251 e. The fourth-order valence-electron chi connectivity index (χ4n) is 5.52. The smallest absolute Gasteiger partial charge is 0.251 e. The molecular weight excluding hydrogens is 446 g/mol. The molecule has 0 bridgehead atoms. The van der Waals surface area contributed by atoms with Crippen LogP contribution in [0.1, 0.15) is 64.2 Å². The molecule has 5 rings (SSSR count). The van der Waals surface area contributed by atoms with Gasteiger partial charge in [-0.1, -0.05) is 31.2 Å². The number of carbonyl (C=O) groups excluding carboxylic acids is 1.